The highest BCUT2D eigenvalue weighted by molar-refractivity contribution is 8.00. The number of rotatable bonds is 7. The number of ether oxygens (including phenoxy) is 1. The Morgan fingerprint density at radius 1 is 1.25 bits per heavy atom. The molecule has 28 heavy (non-hydrogen) atoms. The van der Waals surface area contributed by atoms with Gasteiger partial charge in [0.2, 0.25) is 5.91 Å². The third-order valence-corrected chi connectivity index (χ3v) is 5.73. The quantitative estimate of drug-likeness (QED) is 0.614. The molecule has 1 amide bonds. The van der Waals surface area contributed by atoms with Crippen molar-refractivity contribution in [3.63, 3.8) is 0 Å². The fraction of sp³-hybridized carbons (Fsp3) is 0.273. The Balaban J connectivity index is 1.81. The van der Waals surface area contributed by atoms with Gasteiger partial charge in [-0.2, -0.15) is 0 Å². The number of thioether (sulfide) groups is 1. The first-order valence-corrected chi connectivity index (χ1v) is 10.1. The predicted octanol–water partition coefficient (Wildman–Crippen LogP) is 4.04. The molecule has 2 aromatic carbocycles. The number of carbonyl (C=O) groups excluding carboxylic acids is 1. The van der Waals surface area contributed by atoms with Crippen molar-refractivity contribution in [1.29, 1.82) is 0 Å². The molecule has 1 atom stereocenters. The molecule has 0 fully saturated rings. The Labute approximate surface area is 170 Å². The summed E-state index contributed by atoms with van der Waals surface area (Å²) < 4.78 is 7.42. The Kier molecular flexibility index (Phi) is 6.41. The number of hydrogen-bond donors (Lipinski definition) is 1. The molecule has 3 aromatic rings. The summed E-state index contributed by atoms with van der Waals surface area (Å²) >= 11 is 1.55. The van der Waals surface area contributed by atoms with Gasteiger partial charge >= 0.3 is 0 Å². The molecule has 0 radical (unpaired) electrons. The highest BCUT2D eigenvalue weighted by Crippen LogP contribution is 2.29. The van der Waals surface area contributed by atoms with E-state index in [9.17, 15) is 4.79 Å². The molecule has 0 bridgehead atoms. The number of benzene rings is 2. The van der Waals surface area contributed by atoms with E-state index in [0.717, 1.165) is 22.0 Å². The number of nitrogens with one attached hydrogen (secondary N) is 1. The fourth-order valence-corrected chi connectivity index (χ4v) is 3.99. The van der Waals surface area contributed by atoms with Gasteiger partial charge in [0, 0.05) is 29.9 Å². The zero-order valence-electron chi connectivity index (χ0n) is 16.6. The lowest BCUT2D eigenvalue weighted by atomic mass is 10.0. The fourth-order valence-electron chi connectivity index (χ4n) is 3.05. The molecule has 3 rings (SSSR count). The monoisotopic (exact) mass is 395 g/mol. The van der Waals surface area contributed by atoms with Crippen molar-refractivity contribution in [3.8, 4) is 5.75 Å². The van der Waals surface area contributed by atoms with E-state index in [4.69, 9.17) is 4.74 Å². The molecule has 5 nitrogen and oxygen atoms in total. The van der Waals surface area contributed by atoms with Crippen molar-refractivity contribution in [3.05, 3.63) is 77.4 Å². The minimum absolute atomic E-state index is 0.0511. The molecule has 1 unspecified atom stereocenters. The molecule has 1 N–H and O–H groups in total. The molecule has 0 aliphatic heterocycles. The van der Waals surface area contributed by atoms with Crippen molar-refractivity contribution in [1.82, 2.24) is 14.9 Å². The summed E-state index contributed by atoms with van der Waals surface area (Å²) in [6.45, 7) is 4.12. The van der Waals surface area contributed by atoms with Crippen molar-refractivity contribution in [2.24, 2.45) is 7.05 Å². The van der Waals surface area contributed by atoms with Gasteiger partial charge in [-0.25, -0.2) is 4.98 Å². The molecule has 1 aromatic heterocycles. The van der Waals surface area contributed by atoms with Gasteiger partial charge in [-0.05, 0) is 31.5 Å². The van der Waals surface area contributed by atoms with Crippen LogP contribution in [0.3, 0.4) is 0 Å². The second-order valence-electron chi connectivity index (χ2n) is 6.70. The summed E-state index contributed by atoms with van der Waals surface area (Å²) in [5.74, 6) is 1.76. The van der Waals surface area contributed by atoms with E-state index in [2.05, 4.69) is 42.3 Å². The Morgan fingerprint density at radius 2 is 2.04 bits per heavy atom. The SMILES string of the molecule is COc1ccccc1C(NC(=O)CSc1cc(C)ccc1C)c1nccn1C. The van der Waals surface area contributed by atoms with Crippen LogP contribution in [0.15, 0.2) is 59.8 Å². The van der Waals surface area contributed by atoms with E-state index >= 15 is 0 Å². The number of aromatic nitrogens is 2. The molecule has 0 aliphatic rings. The van der Waals surface area contributed by atoms with Gasteiger partial charge < -0.3 is 14.6 Å². The normalized spacial score (nSPS) is 11.9. The number of aryl methyl sites for hydroxylation is 3. The second-order valence-corrected chi connectivity index (χ2v) is 7.71. The topological polar surface area (TPSA) is 56.1 Å². The number of imidazole rings is 1. The highest BCUT2D eigenvalue weighted by Gasteiger charge is 2.23. The van der Waals surface area contributed by atoms with Gasteiger partial charge in [0.05, 0.1) is 12.9 Å². The molecular weight excluding hydrogens is 370 g/mol. The first-order valence-electron chi connectivity index (χ1n) is 9.09. The van der Waals surface area contributed by atoms with Crippen molar-refractivity contribution < 1.29 is 9.53 Å². The van der Waals surface area contributed by atoms with Crippen molar-refractivity contribution in [2.45, 2.75) is 24.8 Å². The standard InChI is InChI=1S/C22H25N3O2S/c1-15-9-10-16(2)19(13-15)28-14-20(26)24-21(22-23-11-12-25(22)3)17-7-5-6-8-18(17)27-4/h5-13,21H,14H2,1-4H3,(H,24,26). The summed E-state index contributed by atoms with van der Waals surface area (Å²) in [6, 6.07) is 13.6. The van der Waals surface area contributed by atoms with Gasteiger partial charge in [-0.3, -0.25) is 4.79 Å². The zero-order chi connectivity index (χ0) is 20.1. The molecule has 0 saturated heterocycles. The molecule has 0 saturated carbocycles. The molecule has 0 spiro atoms. The van der Waals surface area contributed by atoms with Gasteiger partial charge in [0.15, 0.2) is 0 Å². The maximum absolute atomic E-state index is 12.8. The van der Waals surface area contributed by atoms with E-state index in [0.29, 0.717) is 5.75 Å². The van der Waals surface area contributed by atoms with E-state index in [1.54, 1.807) is 25.1 Å². The van der Waals surface area contributed by atoms with E-state index in [-0.39, 0.29) is 11.9 Å². The minimum atomic E-state index is -0.386. The number of hydrogen-bond acceptors (Lipinski definition) is 4. The summed E-state index contributed by atoms with van der Waals surface area (Å²) in [5.41, 5.74) is 3.24. The lowest BCUT2D eigenvalue weighted by Gasteiger charge is -2.21. The average molecular weight is 396 g/mol. The Morgan fingerprint density at radius 3 is 2.75 bits per heavy atom. The first-order chi connectivity index (χ1) is 13.5. The van der Waals surface area contributed by atoms with Crippen LogP contribution in [0.4, 0.5) is 0 Å². The van der Waals surface area contributed by atoms with E-state index in [1.165, 1.54) is 11.1 Å². The van der Waals surface area contributed by atoms with Crippen LogP contribution in [-0.2, 0) is 11.8 Å². The number of para-hydroxylation sites is 1. The first kappa shape index (κ1) is 20.0. The highest BCUT2D eigenvalue weighted by atomic mass is 32.2. The van der Waals surface area contributed by atoms with Crippen LogP contribution >= 0.6 is 11.8 Å². The number of amides is 1. The lowest BCUT2D eigenvalue weighted by Crippen LogP contribution is -2.32. The smallest absolute Gasteiger partial charge is 0.231 e. The van der Waals surface area contributed by atoms with Crippen LogP contribution < -0.4 is 10.1 Å². The average Bonchev–Trinajstić information content (AvgIpc) is 3.12. The van der Waals surface area contributed by atoms with E-state index < -0.39 is 0 Å². The maximum Gasteiger partial charge on any atom is 0.231 e. The van der Waals surface area contributed by atoms with E-state index in [1.807, 2.05) is 42.1 Å². The Hall–Kier alpha value is -2.73. The van der Waals surface area contributed by atoms with Gasteiger partial charge in [0.1, 0.15) is 17.6 Å². The molecule has 0 aliphatic carbocycles. The van der Waals surface area contributed by atoms with Gasteiger partial charge in [-0.15, -0.1) is 11.8 Å². The Bertz CT molecular complexity index is 968. The third-order valence-electron chi connectivity index (χ3n) is 4.57. The summed E-state index contributed by atoms with van der Waals surface area (Å²) in [7, 11) is 3.55. The predicted molar refractivity (Wildman–Crippen MR) is 113 cm³/mol. The summed E-state index contributed by atoms with van der Waals surface area (Å²) in [5, 5.41) is 3.13. The van der Waals surface area contributed by atoms with Gasteiger partial charge in [-0.1, -0.05) is 35.9 Å². The van der Waals surface area contributed by atoms with Crippen LogP contribution in [0, 0.1) is 13.8 Å². The lowest BCUT2D eigenvalue weighted by molar-refractivity contribution is -0.119. The second kappa shape index (κ2) is 8.97. The van der Waals surface area contributed by atoms with Crippen molar-refractivity contribution >= 4 is 17.7 Å². The maximum atomic E-state index is 12.8. The van der Waals surface area contributed by atoms with Crippen LogP contribution in [-0.4, -0.2) is 28.3 Å². The summed E-state index contributed by atoms with van der Waals surface area (Å²) in [6.07, 6.45) is 3.60. The van der Waals surface area contributed by atoms with Crippen LogP contribution in [0.1, 0.15) is 28.6 Å². The van der Waals surface area contributed by atoms with Crippen LogP contribution in [0.25, 0.3) is 0 Å². The molecule has 146 valence electrons. The van der Waals surface area contributed by atoms with Crippen molar-refractivity contribution in [2.75, 3.05) is 12.9 Å². The molecule has 1 heterocycles. The summed E-state index contributed by atoms with van der Waals surface area (Å²) in [4.78, 5) is 18.4. The zero-order valence-corrected chi connectivity index (χ0v) is 17.4. The van der Waals surface area contributed by atoms with Crippen LogP contribution in [0.2, 0.25) is 0 Å². The largest absolute Gasteiger partial charge is 0.496 e. The number of nitrogens with zero attached hydrogens (tertiary/aromatic N) is 2. The number of methoxy groups -OCH3 is 1. The minimum Gasteiger partial charge on any atom is -0.496 e. The molecule has 6 heteroatoms. The number of carbonyl (C=O) groups is 1. The molecular formula is C22H25N3O2S. The third kappa shape index (κ3) is 4.57. The van der Waals surface area contributed by atoms with Gasteiger partial charge in [0.25, 0.3) is 0 Å². The van der Waals surface area contributed by atoms with Crippen LogP contribution in [0.5, 0.6) is 5.75 Å².